The molecule has 0 spiro atoms. The molecule has 116 heavy (non-hydrogen) atoms. The quantitative estimate of drug-likeness (QED) is 0.0433. The van der Waals surface area contributed by atoms with Crippen molar-refractivity contribution < 1.29 is 164 Å². The third-order valence-electron chi connectivity index (χ3n) is 25.4. The zero-order chi connectivity index (χ0) is 86.6. The number of hydrogen-bond donors (Lipinski definition) is 22. The number of aliphatic hydroxyl groups is 20. The van der Waals surface area contributed by atoms with Crippen molar-refractivity contribution in [2.24, 2.45) is 52.9 Å². The monoisotopic (exact) mass is 1670 g/mol. The van der Waals surface area contributed by atoms with Gasteiger partial charge in [0.15, 0.2) is 43.5 Å². The van der Waals surface area contributed by atoms with Crippen LogP contribution in [0.5, 0.6) is 0 Å². The van der Waals surface area contributed by atoms with Gasteiger partial charge in [0.25, 0.3) is 0 Å². The van der Waals surface area contributed by atoms with Crippen LogP contribution in [0.3, 0.4) is 0 Å². The van der Waals surface area contributed by atoms with Crippen molar-refractivity contribution in [3.63, 3.8) is 0 Å². The molecule has 7 aliphatic rings. The molecule has 0 aliphatic carbocycles. The van der Waals surface area contributed by atoms with Gasteiger partial charge in [-0.05, 0) is 91.1 Å². The largest absolute Gasteiger partial charge is 0.458 e. The van der Waals surface area contributed by atoms with Crippen LogP contribution in [0.2, 0.25) is 0 Å². The first-order valence-electron chi connectivity index (χ1n) is 41.9. The average Bonchev–Trinajstić information content (AvgIpc) is 0.775. The summed E-state index contributed by atoms with van der Waals surface area (Å²) in [6.45, 7) is 22.3. The third kappa shape index (κ3) is 25.8. The van der Waals surface area contributed by atoms with E-state index in [1.165, 1.54) is 39.8 Å². The highest BCUT2D eigenvalue weighted by molar-refractivity contribution is 5.88. The zero-order valence-corrected chi connectivity index (χ0v) is 69.8. The summed E-state index contributed by atoms with van der Waals surface area (Å²) in [7, 11) is 0. The molecule has 0 aromatic rings. The molecule has 2 bridgehead atoms. The van der Waals surface area contributed by atoms with E-state index in [1.807, 2.05) is 20.8 Å². The summed E-state index contributed by atoms with van der Waals surface area (Å²) in [5.41, 5.74) is 12.1. The third-order valence-corrected chi connectivity index (χ3v) is 25.4. The van der Waals surface area contributed by atoms with E-state index in [0.717, 1.165) is 0 Å². The van der Waals surface area contributed by atoms with Crippen molar-refractivity contribution in [3.05, 3.63) is 35.5 Å². The molecule has 6 saturated heterocycles. The minimum absolute atomic E-state index is 0.0163. The van der Waals surface area contributed by atoms with Crippen LogP contribution in [-0.2, 0) is 61.6 Å². The summed E-state index contributed by atoms with van der Waals surface area (Å²) in [6.07, 6.45) is -42.6. The molecule has 0 radical (unpaired) electrons. The first-order valence-corrected chi connectivity index (χ1v) is 41.9. The van der Waals surface area contributed by atoms with Crippen LogP contribution in [0.25, 0.3) is 0 Å². The van der Waals surface area contributed by atoms with Crippen molar-refractivity contribution in [1.29, 1.82) is 0 Å². The number of ether oxygens (including phenoxy) is 12. The lowest BCUT2D eigenvalue weighted by molar-refractivity contribution is -0.413. The van der Waals surface area contributed by atoms with Crippen LogP contribution < -0.4 is 11.5 Å². The molecule has 0 aromatic carbocycles. The standard InChI is InChI=1S/C81H144N2O33/c1-15-18-55(108-61-33-80(14,83)73(101)44(13)106-61)39(8)63(92)45(16-2)22-25-51(87)38(7)56-26-20-36(5)62(91)40(9)57(110-78-71(100)69(98)67(96)59(34-84)112-78)31-53(89)37(6)52(88)28-49-29-54(90)74(102)81(104,116-49)32-58(35(4)19-23-47(85)27-48(86)24-21-46(17-3)75(103)109-56)111-76-41(10)64(93)72(113-60-30-50(82)65(94)42(11)105-60)79(114-76)115-77-70(99)68(97)66(95)43(12)107-77/h20-22,25,35,37-45,47-74,76-79,84-102,104H,15-19,23-24,26-34,82-83H2,1-14H3/b25-22+,36-20+,46-21+/t35-,37-,38+,39+,40-,41+,42+,43+,44-,45+,47+,48-,49+,50+,51-,52+,53+,54-,55+,56-,57+,58+,59+,60-,61-,62+,63+,64+,65+,66+,67+,68-,69-,70+,71-,72-,73-,74+,76-,77-,78+,79+,80-,81-/m0/s1. The lowest BCUT2D eigenvalue weighted by Gasteiger charge is -2.49. The smallest absolute Gasteiger partial charge is 0.333 e. The van der Waals surface area contributed by atoms with E-state index in [9.17, 15) is 107 Å². The van der Waals surface area contributed by atoms with Crippen molar-refractivity contribution in [2.45, 2.75) is 419 Å². The Balaban J connectivity index is 1.22. The normalized spacial score (nSPS) is 47.6. The van der Waals surface area contributed by atoms with Gasteiger partial charge in [0.05, 0.1) is 116 Å². The molecule has 44 atom stereocenters. The second kappa shape index (κ2) is 44.8. The van der Waals surface area contributed by atoms with Gasteiger partial charge in [-0.15, -0.1) is 0 Å². The van der Waals surface area contributed by atoms with Crippen molar-refractivity contribution in [1.82, 2.24) is 0 Å². The van der Waals surface area contributed by atoms with Crippen LogP contribution in [0.4, 0.5) is 0 Å². The second-order valence-electron chi connectivity index (χ2n) is 34.7. The highest BCUT2D eigenvalue weighted by Gasteiger charge is 2.56. The van der Waals surface area contributed by atoms with Gasteiger partial charge in [-0.1, -0.05) is 93.0 Å². The molecule has 7 rings (SSSR count). The summed E-state index contributed by atoms with van der Waals surface area (Å²) in [6, 6.07) is -0.846. The van der Waals surface area contributed by atoms with Crippen LogP contribution in [-0.4, -0.2) is 341 Å². The lowest BCUT2D eigenvalue weighted by Crippen LogP contribution is -2.63. The van der Waals surface area contributed by atoms with Crippen LogP contribution >= 0.6 is 0 Å². The van der Waals surface area contributed by atoms with E-state index < -0.39 is 299 Å². The molecule has 676 valence electrons. The SMILES string of the molecule is CCC[C@@H](O[C@H]1C[C@](C)(N)[C@@H](O)[C@H](C)O1)[C@@H](C)[C@@H](O)[C@@H](/C=C/[C@H](O)[C@@H](C)[C@@H]1C/C=C(\C)[C@@H](O)[C@@H](C)[C@H](O[C@@H]2O[C@H](CO)[C@@H](O)[C@H](O)[C@@H]2O)C[C@@H](O)[C@@H](C)[C@H](O)C[C@@H]2C[C@H](O)[C@@H](O)[C@](O)(C[C@@H](O[C@H]3O[C@H](O[C@@H]4O[C@H](C)[C@@H](O)[C@H](O)[C@H]4O)[C@@H](O[C@H]4C[C@@H](N)[C@H](O)[C@@H](C)O4)[C@H](O)[C@H]3C)[C@@H](C)CC[C@@H](O)C[C@@H](O)C/C=C(\CC)C(=O)O1)O2)CC. The molecule has 0 aromatic heterocycles. The Labute approximate surface area is 681 Å². The Morgan fingerprint density at radius 2 is 1.21 bits per heavy atom. The van der Waals surface area contributed by atoms with E-state index in [2.05, 4.69) is 0 Å². The van der Waals surface area contributed by atoms with E-state index in [4.69, 9.17) is 68.3 Å². The summed E-state index contributed by atoms with van der Waals surface area (Å²) in [5.74, 6) is -9.75. The van der Waals surface area contributed by atoms with Crippen molar-refractivity contribution in [3.8, 4) is 0 Å². The van der Waals surface area contributed by atoms with Gasteiger partial charge in [-0.3, -0.25) is 0 Å². The Hall–Kier alpha value is -2.63. The van der Waals surface area contributed by atoms with Gasteiger partial charge in [-0.2, -0.15) is 0 Å². The van der Waals surface area contributed by atoms with Gasteiger partial charge in [0.2, 0.25) is 0 Å². The number of rotatable bonds is 22. The Kier molecular flexibility index (Phi) is 38.8. The molecule has 7 heterocycles. The van der Waals surface area contributed by atoms with E-state index in [0.29, 0.717) is 19.3 Å². The molecule has 35 heteroatoms. The fourth-order valence-corrected chi connectivity index (χ4v) is 16.8. The lowest BCUT2D eigenvalue weighted by atomic mass is 9.82. The number of fused-ring (bicyclic) bond motifs is 2. The van der Waals surface area contributed by atoms with Gasteiger partial charge < -0.3 is 170 Å². The first-order chi connectivity index (χ1) is 54.3. The van der Waals surface area contributed by atoms with Gasteiger partial charge >= 0.3 is 5.97 Å². The predicted molar refractivity (Wildman–Crippen MR) is 412 cm³/mol. The van der Waals surface area contributed by atoms with E-state index in [-0.39, 0.29) is 68.9 Å². The minimum Gasteiger partial charge on any atom is -0.458 e. The first kappa shape index (κ1) is 100. The van der Waals surface area contributed by atoms with E-state index >= 15 is 0 Å². The predicted octanol–water partition coefficient (Wildman–Crippen LogP) is -1.50. The molecule has 0 unspecified atom stereocenters. The van der Waals surface area contributed by atoms with Gasteiger partial charge in [0, 0.05) is 97.6 Å². The number of aliphatic hydroxyl groups excluding tert-OH is 19. The zero-order valence-electron chi connectivity index (χ0n) is 69.8. The number of cyclic esters (lactones) is 1. The van der Waals surface area contributed by atoms with Crippen molar-refractivity contribution >= 4 is 5.97 Å². The Bertz CT molecular complexity index is 3010. The summed E-state index contributed by atoms with van der Waals surface area (Å²) < 4.78 is 74.7. The molecule has 6 fully saturated rings. The van der Waals surface area contributed by atoms with Crippen LogP contribution in [0.15, 0.2) is 35.5 Å². The number of carbonyl (C=O) groups excluding carboxylic acids is 1. The molecule has 0 saturated carbocycles. The maximum Gasteiger partial charge on any atom is 0.333 e. The van der Waals surface area contributed by atoms with Crippen LogP contribution in [0.1, 0.15) is 193 Å². The van der Waals surface area contributed by atoms with Gasteiger partial charge in [0.1, 0.15) is 61.0 Å². The summed E-state index contributed by atoms with van der Waals surface area (Å²) in [5, 5.41) is 230. The number of carbonyl (C=O) groups is 1. The molecule has 0 amide bonds. The summed E-state index contributed by atoms with van der Waals surface area (Å²) >= 11 is 0. The molecular weight excluding hydrogens is 1530 g/mol. The highest BCUT2D eigenvalue weighted by Crippen LogP contribution is 2.43. The highest BCUT2D eigenvalue weighted by atomic mass is 16.8. The molecule has 24 N–H and O–H groups in total. The fraction of sp³-hybridized carbons (Fsp3) is 0.914. The maximum atomic E-state index is 14.6. The second-order valence-corrected chi connectivity index (χ2v) is 34.7. The van der Waals surface area contributed by atoms with E-state index in [1.54, 1.807) is 60.6 Å². The Morgan fingerprint density at radius 3 is 1.83 bits per heavy atom. The Morgan fingerprint density at radius 1 is 0.595 bits per heavy atom. The fourth-order valence-electron chi connectivity index (χ4n) is 16.8. The molecule has 7 aliphatic heterocycles. The van der Waals surface area contributed by atoms with Crippen LogP contribution in [0, 0.1) is 41.4 Å². The number of hydrogen-bond acceptors (Lipinski definition) is 35. The molecular formula is C81H144N2O33. The topological polar surface area (TPSA) is 584 Å². The minimum atomic E-state index is -2.76. The maximum absolute atomic E-state index is 14.6. The summed E-state index contributed by atoms with van der Waals surface area (Å²) in [4.78, 5) is 14.6. The average molecular weight is 1670 g/mol. The number of nitrogens with two attached hydrogens (primary N) is 2. The van der Waals surface area contributed by atoms with Crippen molar-refractivity contribution in [2.75, 3.05) is 6.61 Å². The van der Waals surface area contributed by atoms with Gasteiger partial charge in [-0.25, -0.2) is 4.79 Å². The number of esters is 1. The molecule has 35 nitrogen and oxygen atoms in total.